The van der Waals surface area contributed by atoms with E-state index in [-0.39, 0.29) is 11.7 Å². The van der Waals surface area contributed by atoms with E-state index in [0.29, 0.717) is 13.2 Å². The van der Waals surface area contributed by atoms with Crippen LogP contribution in [0, 0.1) is 0 Å². The van der Waals surface area contributed by atoms with Gasteiger partial charge in [0, 0.05) is 0 Å². The average molecular weight is 248 g/mol. The van der Waals surface area contributed by atoms with Gasteiger partial charge in [-0.05, 0) is 19.4 Å². The second-order valence-corrected chi connectivity index (χ2v) is 4.89. The minimum atomic E-state index is -0.433. The lowest BCUT2D eigenvalue weighted by Gasteiger charge is -2.03. The number of epoxide rings is 1. The van der Waals surface area contributed by atoms with Crippen LogP contribution < -0.4 is 0 Å². The molecule has 1 aromatic carbocycles. The molecule has 0 saturated carbocycles. The fourth-order valence-corrected chi connectivity index (χ4v) is 1.81. The van der Waals surface area contributed by atoms with Crippen molar-refractivity contribution in [1.82, 2.24) is 0 Å². The Balaban J connectivity index is 1.71. The second kappa shape index (κ2) is 5.65. The highest BCUT2D eigenvalue weighted by atomic mass is 16.6. The number of aliphatic hydroxyl groups is 1. The van der Waals surface area contributed by atoms with Crippen LogP contribution in [0.5, 0.6) is 0 Å². The van der Waals surface area contributed by atoms with Gasteiger partial charge < -0.3 is 14.6 Å². The molecule has 0 unspecified atom stereocenters. The van der Waals surface area contributed by atoms with Crippen LogP contribution in [0.15, 0.2) is 42.5 Å². The van der Waals surface area contributed by atoms with Crippen molar-refractivity contribution in [3.05, 3.63) is 48.0 Å². The van der Waals surface area contributed by atoms with E-state index in [1.165, 1.54) is 5.56 Å². The van der Waals surface area contributed by atoms with E-state index in [0.717, 1.165) is 0 Å². The lowest BCUT2D eigenvalue weighted by molar-refractivity contribution is 0.104. The van der Waals surface area contributed by atoms with E-state index >= 15 is 0 Å². The van der Waals surface area contributed by atoms with Gasteiger partial charge in [-0.15, -0.1) is 0 Å². The molecule has 3 heteroatoms. The van der Waals surface area contributed by atoms with Crippen LogP contribution in [-0.4, -0.2) is 29.5 Å². The Morgan fingerprint density at radius 2 is 2.17 bits per heavy atom. The van der Waals surface area contributed by atoms with Gasteiger partial charge in [0.1, 0.15) is 11.7 Å². The normalized spacial score (nSPS) is 28.5. The van der Waals surface area contributed by atoms with E-state index < -0.39 is 6.10 Å². The van der Waals surface area contributed by atoms with Crippen molar-refractivity contribution in [1.29, 1.82) is 0 Å². The van der Waals surface area contributed by atoms with Crippen LogP contribution in [-0.2, 0) is 16.1 Å². The summed E-state index contributed by atoms with van der Waals surface area (Å²) in [6.07, 6.45) is 3.32. The van der Waals surface area contributed by atoms with Crippen LogP contribution in [0.4, 0.5) is 0 Å². The summed E-state index contributed by atoms with van der Waals surface area (Å²) in [7, 11) is 0. The smallest absolute Gasteiger partial charge is 0.114 e. The molecular formula is C15H20O3. The van der Waals surface area contributed by atoms with Gasteiger partial charge >= 0.3 is 0 Å². The Kier molecular flexibility index (Phi) is 4.17. The summed E-state index contributed by atoms with van der Waals surface area (Å²) in [5.41, 5.74) is 0.896. The predicted octanol–water partition coefficient (Wildman–Crippen LogP) is 2.30. The first-order valence-corrected chi connectivity index (χ1v) is 6.27. The van der Waals surface area contributed by atoms with Gasteiger partial charge in [0.15, 0.2) is 0 Å². The molecule has 1 N–H and O–H groups in total. The van der Waals surface area contributed by atoms with Gasteiger partial charge in [0.25, 0.3) is 0 Å². The predicted molar refractivity (Wildman–Crippen MR) is 70.2 cm³/mol. The number of ether oxygens (including phenoxy) is 2. The average Bonchev–Trinajstić information content (AvgIpc) is 3.00. The van der Waals surface area contributed by atoms with Gasteiger partial charge in [0.05, 0.1) is 19.3 Å². The highest BCUT2D eigenvalue weighted by molar-refractivity contribution is 5.16. The number of benzene rings is 1. The van der Waals surface area contributed by atoms with Crippen LogP contribution in [0.25, 0.3) is 0 Å². The van der Waals surface area contributed by atoms with Gasteiger partial charge in [0.2, 0.25) is 0 Å². The van der Waals surface area contributed by atoms with Gasteiger partial charge in [-0.2, -0.15) is 0 Å². The third kappa shape index (κ3) is 3.67. The Bertz CT molecular complexity index is 399. The first-order valence-electron chi connectivity index (χ1n) is 6.27. The fraction of sp³-hybridized carbons (Fsp3) is 0.467. The molecule has 1 aliphatic heterocycles. The number of hydrogen-bond donors (Lipinski definition) is 1. The minimum absolute atomic E-state index is 0.0937. The third-order valence-electron chi connectivity index (χ3n) is 3.06. The zero-order chi connectivity index (χ0) is 13.0. The minimum Gasteiger partial charge on any atom is -0.389 e. The molecule has 1 heterocycles. The monoisotopic (exact) mass is 248 g/mol. The molecule has 98 valence electrons. The topological polar surface area (TPSA) is 42.0 Å². The van der Waals surface area contributed by atoms with Crippen molar-refractivity contribution in [2.24, 2.45) is 0 Å². The van der Waals surface area contributed by atoms with Crippen molar-refractivity contribution in [2.75, 3.05) is 6.61 Å². The van der Waals surface area contributed by atoms with Crippen LogP contribution >= 0.6 is 0 Å². The summed E-state index contributed by atoms with van der Waals surface area (Å²) in [6, 6.07) is 10.1. The van der Waals surface area contributed by atoms with Crippen molar-refractivity contribution in [3.63, 3.8) is 0 Å². The zero-order valence-corrected chi connectivity index (χ0v) is 10.9. The summed E-state index contributed by atoms with van der Waals surface area (Å²) in [5, 5.41) is 9.18. The van der Waals surface area contributed by atoms with E-state index in [1.54, 1.807) is 13.0 Å². The third-order valence-corrected chi connectivity index (χ3v) is 3.06. The van der Waals surface area contributed by atoms with Crippen molar-refractivity contribution < 1.29 is 14.6 Å². The van der Waals surface area contributed by atoms with Crippen molar-refractivity contribution >= 4 is 0 Å². The Morgan fingerprint density at radius 1 is 1.44 bits per heavy atom. The van der Waals surface area contributed by atoms with E-state index in [1.807, 2.05) is 43.3 Å². The lowest BCUT2D eigenvalue weighted by atomic mass is 10.1. The molecule has 1 fully saturated rings. The maximum atomic E-state index is 9.18. The Labute approximate surface area is 108 Å². The van der Waals surface area contributed by atoms with Gasteiger partial charge in [-0.3, -0.25) is 0 Å². The Morgan fingerprint density at radius 3 is 2.83 bits per heavy atom. The molecule has 0 amide bonds. The SMILES string of the molecule is C[C@H](O)/C=C/[C@]1(C)O[C@@H]1COCc1ccccc1. The van der Waals surface area contributed by atoms with Crippen LogP contribution in [0.1, 0.15) is 19.4 Å². The van der Waals surface area contributed by atoms with Crippen LogP contribution in [0.2, 0.25) is 0 Å². The quantitative estimate of drug-likeness (QED) is 0.620. The molecule has 2 rings (SSSR count). The summed E-state index contributed by atoms with van der Waals surface area (Å²) in [4.78, 5) is 0. The Hall–Kier alpha value is -1.16. The molecular weight excluding hydrogens is 228 g/mol. The van der Waals surface area contributed by atoms with Crippen molar-refractivity contribution in [3.8, 4) is 0 Å². The second-order valence-electron chi connectivity index (χ2n) is 4.89. The molecule has 3 atom stereocenters. The molecule has 1 saturated heterocycles. The van der Waals surface area contributed by atoms with E-state index in [4.69, 9.17) is 9.47 Å². The highest BCUT2D eigenvalue weighted by Crippen LogP contribution is 2.37. The number of aliphatic hydroxyl groups excluding tert-OH is 1. The molecule has 0 radical (unpaired) electrons. The summed E-state index contributed by atoms with van der Waals surface area (Å²) >= 11 is 0. The summed E-state index contributed by atoms with van der Waals surface area (Å²) in [5.74, 6) is 0. The summed E-state index contributed by atoms with van der Waals surface area (Å²) in [6.45, 7) is 4.91. The van der Waals surface area contributed by atoms with Gasteiger partial charge in [-0.1, -0.05) is 42.5 Å². The lowest BCUT2D eigenvalue weighted by Crippen LogP contribution is -2.12. The maximum Gasteiger partial charge on any atom is 0.114 e. The molecule has 1 aliphatic rings. The van der Waals surface area contributed by atoms with E-state index in [9.17, 15) is 5.11 Å². The zero-order valence-electron chi connectivity index (χ0n) is 10.9. The molecule has 0 spiro atoms. The largest absolute Gasteiger partial charge is 0.389 e. The molecule has 18 heavy (non-hydrogen) atoms. The van der Waals surface area contributed by atoms with Crippen LogP contribution in [0.3, 0.4) is 0 Å². The first-order chi connectivity index (χ1) is 8.60. The molecule has 0 bridgehead atoms. The standard InChI is InChI=1S/C15H20O3/c1-12(16)8-9-15(2)14(18-15)11-17-10-13-6-4-3-5-7-13/h3-9,12,14,16H,10-11H2,1-2H3/b9-8+/t12-,14+,15-/m0/s1. The number of hydrogen-bond acceptors (Lipinski definition) is 3. The van der Waals surface area contributed by atoms with Crippen molar-refractivity contribution in [2.45, 2.75) is 38.3 Å². The van der Waals surface area contributed by atoms with Gasteiger partial charge in [-0.25, -0.2) is 0 Å². The first kappa shape index (κ1) is 13.3. The summed E-state index contributed by atoms with van der Waals surface area (Å²) < 4.78 is 11.2. The molecule has 0 aliphatic carbocycles. The fourth-order valence-electron chi connectivity index (χ4n) is 1.81. The van der Waals surface area contributed by atoms with E-state index in [2.05, 4.69) is 0 Å². The maximum absolute atomic E-state index is 9.18. The number of rotatable bonds is 6. The molecule has 0 aromatic heterocycles. The molecule has 1 aromatic rings. The highest BCUT2D eigenvalue weighted by Gasteiger charge is 2.50. The molecule has 3 nitrogen and oxygen atoms in total.